The zero-order valence-corrected chi connectivity index (χ0v) is 16.8. The van der Waals surface area contributed by atoms with Crippen molar-refractivity contribution in [3.05, 3.63) is 70.3 Å². The lowest BCUT2D eigenvalue weighted by Crippen LogP contribution is -2.28. The van der Waals surface area contributed by atoms with E-state index >= 15 is 4.39 Å². The molecule has 0 unspecified atom stereocenters. The lowest BCUT2D eigenvalue weighted by atomic mass is 9.65. The first-order valence-corrected chi connectivity index (χ1v) is 10.3. The van der Waals surface area contributed by atoms with Crippen LogP contribution in [0.15, 0.2) is 30.4 Å². The van der Waals surface area contributed by atoms with Gasteiger partial charge in [-0.05, 0) is 91.7 Å². The van der Waals surface area contributed by atoms with E-state index in [2.05, 4.69) is 6.08 Å². The molecular formula is C24H21F7. The minimum atomic E-state index is -5.25. The number of hydrogen-bond acceptors (Lipinski definition) is 0. The van der Waals surface area contributed by atoms with Crippen LogP contribution in [0.1, 0.15) is 55.2 Å². The lowest BCUT2D eigenvalue weighted by Gasteiger charge is -2.40. The average Bonchev–Trinajstić information content (AvgIpc) is 2.66. The molecule has 0 nitrogen and oxygen atoms in total. The predicted molar refractivity (Wildman–Crippen MR) is 103 cm³/mol. The highest BCUT2D eigenvalue weighted by atomic mass is 19.4. The summed E-state index contributed by atoms with van der Waals surface area (Å²) >= 11 is 0. The van der Waals surface area contributed by atoms with Crippen molar-refractivity contribution in [3.8, 4) is 11.1 Å². The fraction of sp³-hybridized carbons (Fsp3) is 0.417. The predicted octanol–water partition coefficient (Wildman–Crippen LogP) is 7.95. The fourth-order valence-corrected chi connectivity index (χ4v) is 5.32. The Hall–Kier alpha value is -2.31. The summed E-state index contributed by atoms with van der Waals surface area (Å²) in [6.07, 6.45) is 2.61. The van der Waals surface area contributed by atoms with E-state index in [-0.39, 0.29) is 5.92 Å². The van der Waals surface area contributed by atoms with Crippen LogP contribution in [0.3, 0.4) is 0 Å². The Morgan fingerprint density at radius 3 is 2.19 bits per heavy atom. The maximum absolute atomic E-state index is 15.3. The Labute approximate surface area is 175 Å². The molecule has 0 aliphatic heterocycles. The molecule has 3 atom stereocenters. The molecule has 2 aromatic carbocycles. The maximum atomic E-state index is 15.3. The summed E-state index contributed by atoms with van der Waals surface area (Å²) in [6, 6.07) is 1.88. The summed E-state index contributed by atoms with van der Waals surface area (Å²) in [7, 11) is 0. The molecule has 2 aliphatic rings. The molecule has 0 aromatic heterocycles. The Kier molecular flexibility index (Phi) is 5.64. The normalized spacial score (nSPS) is 23.7. The van der Waals surface area contributed by atoms with Crippen LogP contribution in [-0.2, 0) is 12.6 Å². The van der Waals surface area contributed by atoms with Crippen molar-refractivity contribution >= 4 is 0 Å². The maximum Gasteiger partial charge on any atom is 0.422 e. The molecule has 1 fully saturated rings. The average molecular weight is 442 g/mol. The summed E-state index contributed by atoms with van der Waals surface area (Å²) in [5.74, 6) is -5.02. The number of fused-ring (bicyclic) bond motifs is 3. The standard InChI is InChI=1S/C24H21F7/c1-2-3-12-4-6-15-13(8-12)5-7-16-17(15)11-18(25)21(23(16)28)14-9-19(26)22(20(27)10-14)24(29,30)31/h2-3,9-13,15H,4-8H2,1H3/b3-2+/t12-,13-,15+/m1/s1. The van der Waals surface area contributed by atoms with Gasteiger partial charge < -0.3 is 0 Å². The zero-order chi connectivity index (χ0) is 22.5. The minimum absolute atomic E-state index is 0.00406. The van der Waals surface area contributed by atoms with Gasteiger partial charge in [-0.15, -0.1) is 0 Å². The van der Waals surface area contributed by atoms with Gasteiger partial charge in [0.25, 0.3) is 0 Å². The molecule has 0 bridgehead atoms. The molecule has 0 saturated heterocycles. The third-order valence-corrected chi connectivity index (χ3v) is 6.62. The molecular weight excluding hydrogens is 421 g/mol. The molecule has 1 saturated carbocycles. The van der Waals surface area contributed by atoms with Gasteiger partial charge in [-0.1, -0.05) is 12.2 Å². The van der Waals surface area contributed by atoms with E-state index in [0.717, 1.165) is 19.3 Å². The first kappa shape index (κ1) is 21.9. The van der Waals surface area contributed by atoms with Gasteiger partial charge in [-0.3, -0.25) is 0 Å². The van der Waals surface area contributed by atoms with E-state index in [1.165, 1.54) is 6.07 Å². The van der Waals surface area contributed by atoms with E-state index in [1.54, 1.807) is 0 Å². The molecule has 7 heteroatoms. The number of allylic oxidation sites excluding steroid dienone is 2. The Balaban J connectivity index is 1.76. The molecule has 166 valence electrons. The summed E-state index contributed by atoms with van der Waals surface area (Å²) in [4.78, 5) is 0. The van der Waals surface area contributed by atoms with Crippen molar-refractivity contribution < 1.29 is 30.7 Å². The summed E-state index contributed by atoms with van der Waals surface area (Å²) in [6.45, 7) is 1.96. The highest BCUT2D eigenvalue weighted by molar-refractivity contribution is 5.68. The lowest BCUT2D eigenvalue weighted by molar-refractivity contribution is -0.142. The highest BCUT2D eigenvalue weighted by Crippen LogP contribution is 2.49. The number of halogens is 7. The van der Waals surface area contributed by atoms with Crippen LogP contribution < -0.4 is 0 Å². The second-order valence-electron chi connectivity index (χ2n) is 8.43. The second kappa shape index (κ2) is 7.99. The van der Waals surface area contributed by atoms with Crippen LogP contribution >= 0.6 is 0 Å². The van der Waals surface area contributed by atoms with Crippen molar-refractivity contribution in [1.29, 1.82) is 0 Å². The first-order chi connectivity index (χ1) is 14.6. The van der Waals surface area contributed by atoms with Crippen LogP contribution in [0.4, 0.5) is 30.7 Å². The van der Waals surface area contributed by atoms with Gasteiger partial charge in [0.2, 0.25) is 0 Å². The van der Waals surface area contributed by atoms with Gasteiger partial charge in [0.1, 0.15) is 28.8 Å². The molecule has 0 heterocycles. The van der Waals surface area contributed by atoms with Crippen molar-refractivity contribution in [2.75, 3.05) is 0 Å². The summed E-state index contributed by atoms with van der Waals surface area (Å²) in [5, 5.41) is 0. The third kappa shape index (κ3) is 3.87. The van der Waals surface area contributed by atoms with Crippen molar-refractivity contribution in [2.45, 2.75) is 51.1 Å². The molecule has 31 heavy (non-hydrogen) atoms. The quantitative estimate of drug-likeness (QED) is 0.327. The van der Waals surface area contributed by atoms with Gasteiger partial charge in [-0.25, -0.2) is 17.6 Å². The smallest absolute Gasteiger partial charge is 0.206 e. The van der Waals surface area contributed by atoms with Gasteiger partial charge in [0.15, 0.2) is 0 Å². The molecule has 0 N–H and O–H groups in total. The van der Waals surface area contributed by atoms with Crippen LogP contribution in [0, 0.1) is 35.1 Å². The van der Waals surface area contributed by atoms with E-state index in [9.17, 15) is 26.3 Å². The van der Waals surface area contributed by atoms with E-state index < -0.39 is 46.1 Å². The number of benzene rings is 2. The molecule has 0 spiro atoms. The van der Waals surface area contributed by atoms with E-state index in [1.807, 2.05) is 13.0 Å². The SMILES string of the molecule is C/C=C/[C@@H]1CC[C@@H]2c3cc(F)c(-c4cc(F)c(C(F)(F)F)c(F)c4)c(F)c3CC[C@@H]2C1. The number of hydrogen-bond donors (Lipinski definition) is 0. The van der Waals surface area contributed by atoms with E-state index in [4.69, 9.17) is 0 Å². The van der Waals surface area contributed by atoms with Crippen LogP contribution in [0.2, 0.25) is 0 Å². The number of rotatable bonds is 2. The van der Waals surface area contributed by atoms with Gasteiger partial charge in [0.05, 0.1) is 5.56 Å². The topological polar surface area (TPSA) is 0 Å². The molecule has 2 aromatic rings. The monoisotopic (exact) mass is 442 g/mol. The minimum Gasteiger partial charge on any atom is -0.206 e. The van der Waals surface area contributed by atoms with Crippen molar-refractivity contribution in [1.82, 2.24) is 0 Å². The van der Waals surface area contributed by atoms with Crippen molar-refractivity contribution in [3.63, 3.8) is 0 Å². The second-order valence-corrected chi connectivity index (χ2v) is 8.43. The van der Waals surface area contributed by atoms with Crippen molar-refractivity contribution in [2.24, 2.45) is 11.8 Å². The van der Waals surface area contributed by atoms with Crippen LogP contribution in [0.5, 0.6) is 0 Å². The largest absolute Gasteiger partial charge is 0.422 e. The molecule has 0 amide bonds. The zero-order valence-electron chi connectivity index (χ0n) is 16.8. The van der Waals surface area contributed by atoms with Crippen LogP contribution in [-0.4, -0.2) is 0 Å². The molecule has 0 radical (unpaired) electrons. The third-order valence-electron chi connectivity index (χ3n) is 6.62. The van der Waals surface area contributed by atoms with E-state index in [0.29, 0.717) is 47.9 Å². The summed E-state index contributed by atoms with van der Waals surface area (Å²) < 4.78 is 96.8. The molecule has 2 aliphatic carbocycles. The van der Waals surface area contributed by atoms with Gasteiger partial charge in [-0.2, -0.15) is 13.2 Å². The fourth-order valence-electron chi connectivity index (χ4n) is 5.32. The molecule has 4 rings (SSSR count). The Morgan fingerprint density at radius 2 is 1.58 bits per heavy atom. The van der Waals surface area contributed by atoms with Gasteiger partial charge in [0, 0.05) is 0 Å². The Morgan fingerprint density at radius 1 is 0.903 bits per heavy atom. The van der Waals surface area contributed by atoms with Crippen LogP contribution in [0.25, 0.3) is 11.1 Å². The Bertz CT molecular complexity index is 1010. The van der Waals surface area contributed by atoms with Gasteiger partial charge >= 0.3 is 6.18 Å². The highest BCUT2D eigenvalue weighted by Gasteiger charge is 2.39. The first-order valence-electron chi connectivity index (χ1n) is 10.3. The number of alkyl halides is 3. The summed E-state index contributed by atoms with van der Waals surface area (Å²) in [5.41, 5.74) is -2.48.